The zero-order valence-electron chi connectivity index (χ0n) is 11.7. The van der Waals surface area contributed by atoms with E-state index in [1.165, 1.54) is 0 Å². The zero-order chi connectivity index (χ0) is 14.7. The van der Waals surface area contributed by atoms with Crippen LogP contribution in [0.3, 0.4) is 0 Å². The van der Waals surface area contributed by atoms with Crippen LogP contribution < -0.4 is 0 Å². The summed E-state index contributed by atoms with van der Waals surface area (Å²) in [6.45, 7) is 2.20. The second kappa shape index (κ2) is 6.11. The fourth-order valence-corrected chi connectivity index (χ4v) is 2.84. The van der Waals surface area contributed by atoms with E-state index in [9.17, 15) is 14.4 Å². The summed E-state index contributed by atoms with van der Waals surface area (Å²) in [5.41, 5.74) is 0. The van der Waals surface area contributed by atoms with Gasteiger partial charge in [0.1, 0.15) is 0 Å². The molecule has 0 aromatic heterocycles. The minimum absolute atomic E-state index is 0.0719. The average molecular weight is 283 g/mol. The molecule has 7 heteroatoms. The first kappa shape index (κ1) is 14.6. The van der Waals surface area contributed by atoms with Gasteiger partial charge in [-0.05, 0) is 12.8 Å². The number of piperazine rings is 1. The molecule has 1 N–H and O–H groups in total. The van der Waals surface area contributed by atoms with Crippen molar-refractivity contribution >= 4 is 17.9 Å². The molecule has 7 nitrogen and oxygen atoms in total. The van der Waals surface area contributed by atoms with Crippen LogP contribution in [0.25, 0.3) is 0 Å². The second-order valence-corrected chi connectivity index (χ2v) is 5.43. The van der Waals surface area contributed by atoms with Gasteiger partial charge in [-0.2, -0.15) is 0 Å². The summed E-state index contributed by atoms with van der Waals surface area (Å²) >= 11 is 0. The van der Waals surface area contributed by atoms with E-state index < -0.39 is 5.97 Å². The Kier molecular flexibility index (Phi) is 4.46. The van der Waals surface area contributed by atoms with Crippen molar-refractivity contribution in [1.82, 2.24) is 14.7 Å². The first-order valence-electron chi connectivity index (χ1n) is 7.00. The Morgan fingerprint density at radius 2 is 2.15 bits per heavy atom. The molecule has 2 rings (SSSR count). The minimum Gasteiger partial charge on any atom is -0.481 e. The Bertz CT molecular complexity index is 412. The van der Waals surface area contributed by atoms with Crippen LogP contribution in [0.5, 0.6) is 0 Å². The lowest BCUT2D eigenvalue weighted by molar-refractivity contribution is -0.137. The number of aliphatic carboxylic acids is 1. The molecule has 0 aliphatic carbocycles. The van der Waals surface area contributed by atoms with Crippen molar-refractivity contribution < 1.29 is 19.5 Å². The van der Waals surface area contributed by atoms with Crippen LogP contribution in [-0.4, -0.2) is 77.0 Å². The summed E-state index contributed by atoms with van der Waals surface area (Å²) in [7, 11) is 1.69. The lowest BCUT2D eigenvalue weighted by Crippen LogP contribution is -2.55. The van der Waals surface area contributed by atoms with Crippen molar-refractivity contribution in [2.45, 2.75) is 31.7 Å². The number of hydrogen-bond donors (Lipinski definition) is 1. The molecule has 0 aromatic carbocycles. The van der Waals surface area contributed by atoms with Crippen LogP contribution in [-0.2, 0) is 9.59 Å². The Morgan fingerprint density at radius 1 is 1.40 bits per heavy atom. The van der Waals surface area contributed by atoms with E-state index in [1.807, 2.05) is 4.90 Å². The van der Waals surface area contributed by atoms with Crippen molar-refractivity contribution in [3.8, 4) is 0 Å². The molecule has 112 valence electrons. The largest absolute Gasteiger partial charge is 0.481 e. The van der Waals surface area contributed by atoms with Crippen molar-refractivity contribution in [2.75, 3.05) is 33.2 Å². The summed E-state index contributed by atoms with van der Waals surface area (Å²) in [6, 6.07) is 0.0852. The molecule has 2 fully saturated rings. The quantitative estimate of drug-likeness (QED) is 0.799. The first-order chi connectivity index (χ1) is 9.49. The Balaban J connectivity index is 1.81. The van der Waals surface area contributed by atoms with E-state index >= 15 is 0 Å². The third-order valence-corrected chi connectivity index (χ3v) is 3.98. The molecule has 0 radical (unpaired) electrons. The highest BCUT2D eigenvalue weighted by molar-refractivity contribution is 5.80. The van der Waals surface area contributed by atoms with Crippen molar-refractivity contribution in [1.29, 1.82) is 0 Å². The van der Waals surface area contributed by atoms with Crippen molar-refractivity contribution in [3.63, 3.8) is 0 Å². The smallest absolute Gasteiger partial charge is 0.319 e. The van der Waals surface area contributed by atoms with Gasteiger partial charge in [0.25, 0.3) is 0 Å². The molecule has 0 saturated carbocycles. The summed E-state index contributed by atoms with van der Waals surface area (Å²) < 4.78 is 0. The van der Waals surface area contributed by atoms with E-state index in [2.05, 4.69) is 0 Å². The first-order valence-corrected chi connectivity index (χ1v) is 7.00. The van der Waals surface area contributed by atoms with Gasteiger partial charge in [0.2, 0.25) is 5.91 Å². The van der Waals surface area contributed by atoms with Crippen LogP contribution in [0.2, 0.25) is 0 Å². The summed E-state index contributed by atoms with van der Waals surface area (Å²) in [6.07, 6.45) is 1.94. The predicted molar refractivity (Wildman–Crippen MR) is 71.2 cm³/mol. The third kappa shape index (κ3) is 3.20. The van der Waals surface area contributed by atoms with Gasteiger partial charge in [-0.25, -0.2) is 4.79 Å². The minimum atomic E-state index is -0.844. The van der Waals surface area contributed by atoms with Gasteiger partial charge in [0, 0.05) is 52.1 Å². The average Bonchev–Trinajstić information content (AvgIpc) is 2.78. The third-order valence-electron chi connectivity index (χ3n) is 3.98. The van der Waals surface area contributed by atoms with Gasteiger partial charge in [0.05, 0.1) is 0 Å². The van der Waals surface area contributed by atoms with E-state index in [0.29, 0.717) is 39.0 Å². The Morgan fingerprint density at radius 3 is 2.85 bits per heavy atom. The van der Waals surface area contributed by atoms with Crippen LogP contribution in [0.15, 0.2) is 0 Å². The number of hydrogen-bond acceptors (Lipinski definition) is 3. The van der Waals surface area contributed by atoms with Crippen LogP contribution >= 0.6 is 0 Å². The monoisotopic (exact) mass is 283 g/mol. The van der Waals surface area contributed by atoms with E-state index in [4.69, 9.17) is 5.11 Å². The van der Waals surface area contributed by atoms with Crippen LogP contribution in [0, 0.1) is 0 Å². The fraction of sp³-hybridized carbons (Fsp3) is 0.769. The number of carbonyl (C=O) groups is 3. The number of carboxylic acid groups (broad SMARTS) is 1. The van der Waals surface area contributed by atoms with Crippen molar-refractivity contribution in [2.24, 2.45) is 0 Å². The number of carboxylic acids is 1. The normalized spacial score (nSPS) is 21.9. The highest BCUT2D eigenvalue weighted by Crippen LogP contribution is 2.23. The number of urea groups is 1. The van der Waals surface area contributed by atoms with Crippen LogP contribution in [0.4, 0.5) is 4.79 Å². The highest BCUT2D eigenvalue weighted by Gasteiger charge is 2.37. The van der Waals surface area contributed by atoms with Gasteiger partial charge in [-0.15, -0.1) is 0 Å². The Hall–Kier alpha value is -1.79. The Labute approximate surface area is 118 Å². The summed E-state index contributed by atoms with van der Waals surface area (Å²) in [5, 5.41) is 8.59. The lowest BCUT2D eigenvalue weighted by atomic mass is 10.1. The SMILES string of the molecule is CN(CCCC(=O)O)C(=O)N1CCN2C(=O)CCC2C1. The molecule has 2 heterocycles. The van der Waals surface area contributed by atoms with E-state index in [0.717, 1.165) is 6.42 Å². The van der Waals surface area contributed by atoms with Gasteiger partial charge < -0.3 is 19.8 Å². The molecule has 20 heavy (non-hydrogen) atoms. The number of nitrogens with zero attached hydrogens (tertiary/aromatic N) is 3. The molecular formula is C13H21N3O4. The van der Waals surface area contributed by atoms with E-state index in [1.54, 1.807) is 16.8 Å². The maximum absolute atomic E-state index is 12.2. The van der Waals surface area contributed by atoms with Crippen LogP contribution in [0.1, 0.15) is 25.7 Å². The topological polar surface area (TPSA) is 81.2 Å². The maximum Gasteiger partial charge on any atom is 0.319 e. The molecular weight excluding hydrogens is 262 g/mol. The van der Waals surface area contributed by atoms with E-state index in [-0.39, 0.29) is 24.4 Å². The predicted octanol–water partition coefficient (Wildman–Crippen LogP) is 0.210. The zero-order valence-corrected chi connectivity index (χ0v) is 11.7. The number of fused-ring (bicyclic) bond motifs is 1. The molecule has 2 saturated heterocycles. The molecule has 0 aromatic rings. The van der Waals surface area contributed by atoms with Gasteiger partial charge in [-0.1, -0.05) is 0 Å². The summed E-state index contributed by atoms with van der Waals surface area (Å²) in [5.74, 6) is -0.652. The molecule has 2 aliphatic heterocycles. The number of amides is 3. The standard InChI is InChI=1S/C13H21N3O4/c1-14(6-2-3-12(18)19)13(20)15-7-8-16-10(9-15)4-5-11(16)17/h10H,2-9H2,1H3,(H,18,19). The molecule has 2 aliphatic rings. The summed E-state index contributed by atoms with van der Waals surface area (Å²) in [4.78, 5) is 39.5. The maximum atomic E-state index is 12.2. The number of rotatable bonds is 4. The fourth-order valence-electron chi connectivity index (χ4n) is 2.84. The lowest BCUT2D eigenvalue weighted by Gasteiger charge is -2.39. The van der Waals surface area contributed by atoms with Crippen molar-refractivity contribution in [3.05, 3.63) is 0 Å². The number of carbonyl (C=O) groups excluding carboxylic acids is 2. The molecule has 3 amide bonds. The molecule has 1 atom stereocenters. The molecule has 0 spiro atoms. The second-order valence-electron chi connectivity index (χ2n) is 5.43. The molecule has 0 bridgehead atoms. The van der Waals surface area contributed by atoms with Gasteiger partial charge in [-0.3, -0.25) is 9.59 Å². The molecule has 1 unspecified atom stereocenters. The highest BCUT2D eigenvalue weighted by atomic mass is 16.4. The van der Waals surface area contributed by atoms with Gasteiger partial charge >= 0.3 is 12.0 Å². The van der Waals surface area contributed by atoms with Gasteiger partial charge in [0.15, 0.2) is 0 Å².